The topological polar surface area (TPSA) is 104 Å². The lowest BCUT2D eigenvalue weighted by molar-refractivity contribution is -0.118. The van der Waals surface area contributed by atoms with Gasteiger partial charge in [-0.05, 0) is 92.5 Å². The van der Waals surface area contributed by atoms with Crippen LogP contribution in [0.1, 0.15) is 47.2 Å². The number of hydrogen-bond acceptors (Lipinski definition) is 8. The molecule has 0 spiro atoms. The molecule has 42 heavy (non-hydrogen) atoms. The Balaban J connectivity index is 1.21. The highest BCUT2D eigenvalue weighted by Crippen LogP contribution is 2.33. The number of likely N-dealkylation sites (tertiary alicyclic amines) is 1. The molecule has 2 aliphatic heterocycles. The summed E-state index contributed by atoms with van der Waals surface area (Å²) in [7, 11) is -3.80. The summed E-state index contributed by atoms with van der Waals surface area (Å²) >= 11 is 13.2. The van der Waals surface area contributed by atoms with Crippen molar-refractivity contribution in [3.63, 3.8) is 0 Å². The van der Waals surface area contributed by atoms with Gasteiger partial charge in [0.15, 0.2) is 15.6 Å². The molecular formula is C30H31Cl2N3O5S2. The molecule has 1 fully saturated rings. The highest BCUT2D eigenvalue weighted by atomic mass is 35.5. The molecule has 0 atom stereocenters. The Morgan fingerprint density at radius 1 is 0.976 bits per heavy atom. The highest BCUT2D eigenvalue weighted by Gasteiger charge is 2.33. The van der Waals surface area contributed by atoms with Crippen molar-refractivity contribution in [2.75, 3.05) is 42.1 Å². The highest BCUT2D eigenvalue weighted by molar-refractivity contribution is 7.94. The number of hydrogen-bond donors (Lipinski definition) is 1. The van der Waals surface area contributed by atoms with Gasteiger partial charge in [-0.2, -0.15) is 0 Å². The van der Waals surface area contributed by atoms with Crippen molar-refractivity contribution in [3.8, 4) is 0 Å². The molecule has 1 aromatic heterocycles. The number of ketones is 1. The third-order valence-corrected chi connectivity index (χ3v) is 11.2. The maximum atomic E-state index is 13.4. The molecular weight excluding hydrogens is 617 g/mol. The fourth-order valence-corrected chi connectivity index (χ4v) is 8.46. The molecule has 2 aromatic carbocycles. The van der Waals surface area contributed by atoms with Crippen LogP contribution >= 0.6 is 34.5 Å². The summed E-state index contributed by atoms with van der Waals surface area (Å²) in [6.45, 7) is 4.20. The lowest BCUT2D eigenvalue weighted by Crippen LogP contribution is -2.42. The zero-order valence-electron chi connectivity index (χ0n) is 22.9. The van der Waals surface area contributed by atoms with E-state index in [0.717, 1.165) is 41.4 Å². The zero-order chi connectivity index (χ0) is 29.9. The summed E-state index contributed by atoms with van der Waals surface area (Å²) in [5, 5.41) is 3.52. The molecule has 8 nitrogen and oxygen atoms in total. The summed E-state index contributed by atoms with van der Waals surface area (Å²) in [4.78, 5) is 42.6. The first kappa shape index (κ1) is 30.7. The molecule has 0 saturated carbocycles. The molecule has 3 aromatic rings. The summed E-state index contributed by atoms with van der Waals surface area (Å²) in [5.41, 5.74) is 2.66. The van der Waals surface area contributed by atoms with E-state index in [4.69, 9.17) is 23.2 Å². The molecule has 0 bridgehead atoms. The largest absolute Gasteiger partial charge is 0.385 e. The first-order valence-electron chi connectivity index (χ1n) is 13.9. The van der Waals surface area contributed by atoms with Gasteiger partial charge >= 0.3 is 0 Å². The van der Waals surface area contributed by atoms with Crippen LogP contribution in [0.3, 0.4) is 0 Å². The zero-order valence-corrected chi connectivity index (χ0v) is 26.0. The summed E-state index contributed by atoms with van der Waals surface area (Å²) in [6.07, 6.45) is 4.75. The standard InChI is InChI=1S/C30H31Cl2N3O5S2/c31-25-16-20(15-23(36)19-42(39,40)29-10-9-27(32)41-29)5-8-26(25)35-28(37)18-21-17-22(6-7-24(21)30(35)38)33-11-4-14-34-12-2-1-3-13-34/h5-10,16-17,33H,1-4,11-15,18-19H2. The molecule has 222 valence electrons. The van der Waals surface area contributed by atoms with Gasteiger partial charge in [0.25, 0.3) is 5.91 Å². The van der Waals surface area contributed by atoms with Crippen molar-refractivity contribution in [2.24, 2.45) is 0 Å². The Hall–Kier alpha value is -2.76. The lowest BCUT2D eigenvalue weighted by Gasteiger charge is -2.28. The molecule has 1 saturated heterocycles. The summed E-state index contributed by atoms with van der Waals surface area (Å²) in [6, 6.07) is 12.8. The van der Waals surface area contributed by atoms with E-state index in [2.05, 4.69) is 10.2 Å². The van der Waals surface area contributed by atoms with Gasteiger partial charge < -0.3 is 10.2 Å². The van der Waals surface area contributed by atoms with Gasteiger partial charge in [0.2, 0.25) is 5.91 Å². The number of thiophene rings is 1. The molecule has 12 heteroatoms. The minimum absolute atomic E-state index is 0.0346. The fraction of sp³-hybridized carbons (Fsp3) is 0.367. The van der Waals surface area contributed by atoms with Crippen molar-refractivity contribution < 1.29 is 22.8 Å². The Bertz CT molecular complexity index is 1620. The quantitative estimate of drug-likeness (QED) is 0.212. The molecule has 3 heterocycles. The van der Waals surface area contributed by atoms with Crippen molar-refractivity contribution in [2.45, 2.75) is 42.7 Å². The van der Waals surface area contributed by atoms with Gasteiger partial charge in [-0.1, -0.05) is 35.7 Å². The number of imide groups is 1. The van der Waals surface area contributed by atoms with Crippen LogP contribution in [0.2, 0.25) is 9.36 Å². The van der Waals surface area contributed by atoms with E-state index in [1.54, 1.807) is 12.1 Å². The number of anilines is 2. The van der Waals surface area contributed by atoms with E-state index in [9.17, 15) is 22.8 Å². The molecule has 2 aliphatic rings. The number of rotatable bonds is 11. The van der Waals surface area contributed by atoms with Gasteiger partial charge in [0, 0.05) is 24.2 Å². The number of amides is 2. The predicted molar refractivity (Wildman–Crippen MR) is 167 cm³/mol. The molecule has 0 radical (unpaired) electrons. The van der Waals surface area contributed by atoms with Crippen molar-refractivity contribution >= 4 is 73.3 Å². The number of Topliss-reactive ketones (excluding diaryl/α,β-unsaturated/α-hetero) is 1. The monoisotopic (exact) mass is 647 g/mol. The number of fused-ring (bicyclic) bond motifs is 1. The SMILES string of the molecule is O=C(Cc1ccc(N2C(=O)Cc3cc(NCCCN4CCCCC4)ccc3C2=O)c(Cl)c1)CS(=O)(=O)c1ccc(Cl)s1. The Labute approximate surface area is 259 Å². The van der Waals surface area contributed by atoms with E-state index in [1.165, 1.54) is 56.6 Å². The molecule has 0 aliphatic carbocycles. The predicted octanol–water partition coefficient (Wildman–Crippen LogP) is 5.66. The lowest BCUT2D eigenvalue weighted by atomic mass is 9.96. The number of halogens is 2. The van der Waals surface area contributed by atoms with Crippen molar-refractivity contribution in [1.82, 2.24) is 4.90 Å². The van der Waals surface area contributed by atoms with Crippen LogP contribution in [-0.4, -0.2) is 62.8 Å². The first-order chi connectivity index (χ1) is 20.1. The first-order valence-corrected chi connectivity index (χ1v) is 17.1. The second kappa shape index (κ2) is 13.3. The third kappa shape index (κ3) is 7.23. The maximum absolute atomic E-state index is 13.4. The van der Waals surface area contributed by atoms with E-state index in [1.807, 2.05) is 12.1 Å². The van der Waals surface area contributed by atoms with Crippen molar-refractivity contribution in [1.29, 1.82) is 0 Å². The van der Waals surface area contributed by atoms with Gasteiger partial charge in [0.1, 0.15) is 9.96 Å². The number of piperidine rings is 1. The van der Waals surface area contributed by atoms with Crippen molar-refractivity contribution in [3.05, 3.63) is 74.6 Å². The number of carbonyl (C=O) groups is 3. The van der Waals surface area contributed by atoms with E-state index < -0.39 is 33.2 Å². The molecule has 1 N–H and O–H groups in total. The second-order valence-corrected chi connectivity index (χ2v) is 14.9. The number of sulfone groups is 1. The van der Waals surface area contributed by atoms with Gasteiger partial charge in [-0.15, -0.1) is 11.3 Å². The summed E-state index contributed by atoms with van der Waals surface area (Å²) < 4.78 is 25.4. The fourth-order valence-electron chi connectivity index (χ4n) is 5.36. The van der Waals surface area contributed by atoms with E-state index in [-0.39, 0.29) is 27.8 Å². The molecule has 2 amide bonds. The van der Waals surface area contributed by atoms with Crippen LogP contribution in [0.5, 0.6) is 0 Å². The minimum atomic E-state index is -3.80. The Kier molecular flexibility index (Phi) is 9.69. The van der Waals surface area contributed by atoms with E-state index >= 15 is 0 Å². The maximum Gasteiger partial charge on any atom is 0.265 e. The van der Waals surface area contributed by atoms with Crippen LogP contribution in [0, 0.1) is 0 Å². The minimum Gasteiger partial charge on any atom is -0.385 e. The van der Waals surface area contributed by atoms with Crippen LogP contribution in [0.25, 0.3) is 0 Å². The van der Waals surface area contributed by atoms with Gasteiger partial charge in [0.05, 0.1) is 21.5 Å². The van der Waals surface area contributed by atoms with Crippen LogP contribution < -0.4 is 10.2 Å². The summed E-state index contributed by atoms with van der Waals surface area (Å²) in [5.74, 6) is -2.05. The van der Waals surface area contributed by atoms with Crippen LogP contribution in [-0.2, 0) is 32.3 Å². The number of nitrogens with one attached hydrogen (secondary N) is 1. The average Bonchev–Trinajstić information content (AvgIpc) is 3.40. The van der Waals surface area contributed by atoms with Crippen LogP contribution in [0.4, 0.5) is 11.4 Å². The Morgan fingerprint density at radius 3 is 2.48 bits per heavy atom. The smallest absolute Gasteiger partial charge is 0.265 e. The Morgan fingerprint density at radius 2 is 1.76 bits per heavy atom. The molecule has 0 unspecified atom stereocenters. The molecule has 5 rings (SSSR count). The average molecular weight is 649 g/mol. The van der Waals surface area contributed by atoms with Crippen LogP contribution in [0.15, 0.2) is 52.7 Å². The normalized spacial score (nSPS) is 16.0. The van der Waals surface area contributed by atoms with Gasteiger partial charge in [-0.3, -0.25) is 14.4 Å². The number of benzene rings is 2. The number of nitrogens with zero attached hydrogens (tertiary/aromatic N) is 2. The number of carbonyl (C=O) groups excluding carboxylic acids is 3. The third-order valence-electron chi connectivity index (χ3n) is 7.42. The van der Waals surface area contributed by atoms with Gasteiger partial charge in [-0.25, -0.2) is 13.3 Å². The van der Waals surface area contributed by atoms with E-state index in [0.29, 0.717) is 21.0 Å². The second-order valence-electron chi connectivity index (χ2n) is 10.6.